The quantitative estimate of drug-likeness (QED) is 0.703. The Morgan fingerprint density at radius 1 is 1.33 bits per heavy atom. The van der Waals surface area contributed by atoms with E-state index in [0.29, 0.717) is 5.69 Å². The summed E-state index contributed by atoms with van der Waals surface area (Å²) in [7, 11) is 1.83. The molecule has 74 valence electrons. The summed E-state index contributed by atoms with van der Waals surface area (Å²) in [5, 5.41) is 9.03. The fourth-order valence-electron chi connectivity index (χ4n) is 1.60. The third-order valence-corrected chi connectivity index (χ3v) is 2.44. The first-order chi connectivity index (χ1) is 7.24. The van der Waals surface area contributed by atoms with Crippen molar-refractivity contribution in [1.82, 2.24) is 9.55 Å². The minimum Gasteiger partial charge on any atom is -0.325 e. The molecule has 0 bridgehead atoms. The highest BCUT2D eigenvalue weighted by molar-refractivity contribution is 5.68. The average Bonchev–Trinajstić information content (AvgIpc) is 2.60. The topological polar surface area (TPSA) is 41.6 Å². The maximum atomic E-state index is 9.03. The van der Waals surface area contributed by atoms with Gasteiger partial charge in [0.15, 0.2) is 0 Å². The maximum absolute atomic E-state index is 9.03. The van der Waals surface area contributed by atoms with E-state index < -0.39 is 0 Å². The molecule has 0 radical (unpaired) electrons. The van der Waals surface area contributed by atoms with Gasteiger partial charge in [-0.05, 0) is 12.5 Å². The van der Waals surface area contributed by atoms with Gasteiger partial charge in [0.1, 0.15) is 17.5 Å². The van der Waals surface area contributed by atoms with E-state index in [9.17, 15) is 0 Å². The minimum atomic E-state index is 0.601. The van der Waals surface area contributed by atoms with Crippen LogP contribution in [0.15, 0.2) is 30.6 Å². The summed E-state index contributed by atoms with van der Waals surface area (Å²) in [6.45, 7) is 2.02. The maximum Gasteiger partial charge on any atom is 0.147 e. The molecule has 3 heteroatoms. The Morgan fingerprint density at radius 3 is 2.73 bits per heavy atom. The summed E-state index contributed by atoms with van der Waals surface area (Å²) >= 11 is 0. The number of benzene rings is 1. The van der Waals surface area contributed by atoms with Crippen molar-refractivity contribution in [2.45, 2.75) is 6.92 Å². The average molecular weight is 197 g/mol. The molecule has 0 saturated carbocycles. The molecule has 0 aliphatic rings. The number of nitriles is 1. The van der Waals surface area contributed by atoms with E-state index in [4.69, 9.17) is 5.26 Å². The molecular weight excluding hydrogens is 186 g/mol. The number of imidazole rings is 1. The Balaban J connectivity index is 2.66. The van der Waals surface area contributed by atoms with Gasteiger partial charge < -0.3 is 4.57 Å². The molecule has 0 aliphatic carbocycles. The van der Waals surface area contributed by atoms with Crippen LogP contribution in [0.4, 0.5) is 0 Å². The second kappa shape index (κ2) is 3.58. The molecule has 0 atom stereocenters. The molecule has 1 aromatic heterocycles. The zero-order chi connectivity index (χ0) is 10.8. The van der Waals surface area contributed by atoms with Crippen molar-refractivity contribution in [3.63, 3.8) is 0 Å². The third kappa shape index (κ3) is 1.50. The zero-order valence-electron chi connectivity index (χ0n) is 8.73. The minimum absolute atomic E-state index is 0.601. The molecule has 15 heavy (non-hydrogen) atoms. The summed E-state index contributed by atoms with van der Waals surface area (Å²) in [6.07, 6.45) is 1.67. The van der Waals surface area contributed by atoms with Crippen molar-refractivity contribution in [2.24, 2.45) is 7.05 Å². The van der Waals surface area contributed by atoms with Crippen LogP contribution in [0.1, 0.15) is 11.3 Å². The zero-order valence-corrected chi connectivity index (χ0v) is 8.73. The van der Waals surface area contributed by atoms with Crippen LogP contribution in [-0.4, -0.2) is 9.55 Å². The summed E-state index contributed by atoms with van der Waals surface area (Å²) in [4.78, 5) is 4.26. The predicted octanol–water partition coefficient (Wildman–Crippen LogP) is 2.27. The van der Waals surface area contributed by atoms with Crippen LogP contribution < -0.4 is 0 Å². The molecule has 0 fully saturated rings. The monoisotopic (exact) mass is 197 g/mol. The largest absolute Gasteiger partial charge is 0.325 e. The lowest BCUT2D eigenvalue weighted by Gasteiger charge is -2.02. The molecule has 0 amide bonds. The lowest BCUT2D eigenvalue weighted by atomic mass is 10.0. The van der Waals surface area contributed by atoms with Crippen molar-refractivity contribution in [3.8, 4) is 17.3 Å². The molecule has 1 heterocycles. The summed E-state index contributed by atoms with van der Waals surface area (Å²) in [6, 6.07) is 10.1. The van der Waals surface area contributed by atoms with Gasteiger partial charge >= 0.3 is 0 Å². The Morgan fingerprint density at radius 2 is 2.07 bits per heavy atom. The van der Waals surface area contributed by atoms with Crippen LogP contribution in [0.5, 0.6) is 0 Å². The summed E-state index contributed by atoms with van der Waals surface area (Å²) < 4.78 is 1.74. The molecule has 2 rings (SSSR count). The van der Waals surface area contributed by atoms with Gasteiger partial charge in [0, 0.05) is 12.6 Å². The first kappa shape index (κ1) is 9.47. The van der Waals surface area contributed by atoms with Crippen LogP contribution in [-0.2, 0) is 7.05 Å². The number of nitrogens with zero attached hydrogens (tertiary/aromatic N) is 3. The van der Waals surface area contributed by atoms with Crippen molar-refractivity contribution in [3.05, 3.63) is 41.9 Å². The van der Waals surface area contributed by atoms with Crippen molar-refractivity contribution < 1.29 is 0 Å². The Bertz CT molecular complexity index is 532. The van der Waals surface area contributed by atoms with Gasteiger partial charge in [-0.2, -0.15) is 5.26 Å². The standard InChI is InChI=1S/C12H11N3/c1-9-5-3-4-6-10(9)12-11(7-13)15(2)8-14-12/h3-6,8H,1-2H3. The smallest absolute Gasteiger partial charge is 0.147 e. The molecule has 3 nitrogen and oxygen atoms in total. The number of hydrogen-bond acceptors (Lipinski definition) is 2. The first-order valence-electron chi connectivity index (χ1n) is 4.71. The molecule has 0 N–H and O–H groups in total. The highest BCUT2D eigenvalue weighted by atomic mass is 15.0. The van der Waals surface area contributed by atoms with Crippen LogP contribution in [0.2, 0.25) is 0 Å². The fourth-order valence-corrected chi connectivity index (χ4v) is 1.60. The third-order valence-electron chi connectivity index (χ3n) is 2.44. The van der Waals surface area contributed by atoms with E-state index in [1.54, 1.807) is 10.9 Å². The molecule has 0 saturated heterocycles. The van der Waals surface area contributed by atoms with E-state index in [1.807, 2.05) is 38.2 Å². The predicted molar refractivity (Wildman–Crippen MR) is 58.1 cm³/mol. The second-order valence-electron chi connectivity index (χ2n) is 3.48. The van der Waals surface area contributed by atoms with E-state index in [2.05, 4.69) is 11.1 Å². The first-order valence-corrected chi connectivity index (χ1v) is 4.71. The second-order valence-corrected chi connectivity index (χ2v) is 3.48. The fraction of sp³-hybridized carbons (Fsp3) is 0.167. The van der Waals surface area contributed by atoms with Gasteiger partial charge in [0.25, 0.3) is 0 Å². The number of hydrogen-bond donors (Lipinski definition) is 0. The van der Waals surface area contributed by atoms with E-state index >= 15 is 0 Å². The van der Waals surface area contributed by atoms with E-state index in [0.717, 1.165) is 16.8 Å². The lowest BCUT2D eigenvalue weighted by molar-refractivity contribution is 0.897. The van der Waals surface area contributed by atoms with Crippen LogP contribution >= 0.6 is 0 Å². The number of aryl methyl sites for hydroxylation is 2. The number of aromatic nitrogens is 2. The molecular formula is C12H11N3. The van der Waals surface area contributed by atoms with Gasteiger partial charge in [-0.3, -0.25) is 0 Å². The van der Waals surface area contributed by atoms with Crippen LogP contribution in [0.25, 0.3) is 11.3 Å². The highest BCUT2D eigenvalue weighted by Crippen LogP contribution is 2.24. The van der Waals surface area contributed by atoms with Crippen molar-refractivity contribution in [1.29, 1.82) is 5.26 Å². The Labute approximate surface area is 88.6 Å². The molecule has 0 aliphatic heterocycles. The van der Waals surface area contributed by atoms with Crippen molar-refractivity contribution in [2.75, 3.05) is 0 Å². The van der Waals surface area contributed by atoms with E-state index in [-0.39, 0.29) is 0 Å². The summed E-state index contributed by atoms with van der Waals surface area (Å²) in [5.74, 6) is 0. The normalized spacial score (nSPS) is 9.93. The Hall–Kier alpha value is -2.08. The summed E-state index contributed by atoms with van der Waals surface area (Å²) in [5.41, 5.74) is 3.52. The SMILES string of the molecule is Cc1ccccc1-c1ncn(C)c1C#N. The van der Waals surface area contributed by atoms with Crippen LogP contribution in [0, 0.1) is 18.3 Å². The van der Waals surface area contributed by atoms with E-state index in [1.165, 1.54) is 0 Å². The van der Waals surface area contributed by atoms with Crippen LogP contribution in [0.3, 0.4) is 0 Å². The lowest BCUT2D eigenvalue weighted by Crippen LogP contribution is -1.91. The van der Waals surface area contributed by atoms with Crippen molar-refractivity contribution >= 4 is 0 Å². The highest BCUT2D eigenvalue weighted by Gasteiger charge is 2.11. The molecule has 2 aromatic rings. The van der Waals surface area contributed by atoms with Gasteiger partial charge in [-0.1, -0.05) is 24.3 Å². The van der Waals surface area contributed by atoms with Gasteiger partial charge in [0.2, 0.25) is 0 Å². The van der Waals surface area contributed by atoms with Gasteiger partial charge in [-0.15, -0.1) is 0 Å². The molecule has 1 aromatic carbocycles. The van der Waals surface area contributed by atoms with Gasteiger partial charge in [-0.25, -0.2) is 4.98 Å². The molecule has 0 spiro atoms. The number of rotatable bonds is 1. The molecule has 0 unspecified atom stereocenters. The Kier molecular flexibility index (Phi) is 2.26. The van der Waals surface area contributed by atoms with Gasteiger partial charge in [0.05, 0.1) is 6.33 Å².